The van der Waals surface area contributed by atoms with E-state index < -0.39 is 0 Å². The Morgan fingerprint density at radius 2 is 2.04 bits per heavy atom. The highest BCUT2D eigenvalue weighted by atomic mass is 16.5. The van der Waals surface area contributed by atoms with Gasteiger partial charge in [0.05, 0.1) is 0 Å². The first kappa shape index (κ1) is 19.0. The number of carbonyl (C=O) groups is 2. The van der Waals surface area contributed by atoms with E-state index in [9.17, 15) is 9.59 Å². The van der Waals surface area contributed by atoms with Gasteiger partial charge in [0.1, 0.15) is 5.75 Å². The molecule has 1 aliphatic carbocycles. The maximum Gasteiger partial charge on any atom is 0.257 e. The summed E-state index contributed by atoms with van der Waals surface area (Å²) in [6.45, 7) is 2.50. The summed E-state index contributed by atoms with van der Waals surface area (Å²) >= 11 is 0. The summed E-state index contributed by atoms with van der Waals surface area (Å²) in [5.41, 5.74) is 2.89. The first-order valence-electron chi connectivity index (χ1n) is 8.87. The van der Waals surface area contributed by atoms with Crippen molar-refractivity contribution in [3.63, 3.8) is 0 Å². The second-order valence-electron chi connectivity index (χ2n) is 6.68. The number of nitrogens with one attached hydrogen (secondary N) is 1. The molecular weight excluding hydrogens is 316 g/mol. The monoisotopic (exact) mass is 344 g/mol. The van der Waals surface area contributed by atoms with Crippen molar-refractivity contribution in [2.45, 2.75) is 39.0 Å². The van der Waals surface area contributed by atoms with Crippen LogP contribution in [-0.2, 0) is 4.79 Å². The van der Waals surface area contributed by atoms with Gasteiger partial charge >= 0.3 is 0 Å². The van der Waals surface area contributed by atoms with E-state index >= 15 is 0 Å². The Labute approximate surface area is 150 Å². The van der Waals surface area contributed by atoms with Crippen molar-refractivity contribution in [3.05, 3.63) is 41.0 Å². The molecule has 5 heteroatoms. The van der Waals surface area contributed by atoms with Crippen molar-refractivity contribution < 1.29 is 14.3 Å². The number of nitrogens with zero attached hydrogens (tertiary/aromatic N) is 1. The second-order valence-corrected chi connectivity index (χ2v) is 6.68. The molecule has 1 aliphatic rings. The number of amides is 2. The smallest absolute Gasteiger partial charge is 0.257 e. The predicted octanol–water partition coefficient (Wildman–Crippen LogP) is 3.08. The third-order valence-corrected chi connectivity index (χ3v) is 4.35. The van der Waals surface area contributed by atoms with Crippen LogP contribution in [0.3, 0.4) is 0 Å². The molecule has 1 N–H and O–H groups in total. The molecule has 136 valence electrons. The number of ether oxygens (including phenoxy) is 1. The Morgan fingerprint density at radius 1 is 1.24 bits per heavy atom. The summed E-state index contributed by atoms with van der Waals surface area (Å²) in [4.78, 5) is 25.5. The minimum absolute atomic E-state index is 0.0422. The lowest BCUT2D eigenvalue weighted by atomic mass is 9.97. The van der Waals surface area contributed by atoms with Crippen LogP contribution in [0.25, 0.3) is 0 Å². The van der Waals surface area contributed by atoms with E-state index in [0.29, 0.717) is 17.9 Å². The van der Waals surface area contributed by atoms with Crippen LogP contribution in [0.1, 0.15) is 48.0 Å². The minimum Gasteiger partial charge on any atom is -0.483 e. The highest BCUT2D eigenvalue weighted by molar-refractivity contribution is 5.94. The molecule has 2 amide bonds. The molecule has 0 saturated carbocycles. The molecule has 0 unspecified atom stereocenters. The summed E-state index contributed by atoms with van der Waals surface area (Å²) in [5, 5.41) is 2.90. The molecule has 2 rings (SSSR count). The number of carbonyl (C=O) groups excluding carboxylic acids is 2. The van der Waals surface area contributed by atoms with Crippen LogP contribution in [0.2, 0.25) is 0 Å². The van der Waals surface area contributed by atoms with Crippen LogP contribution >= 0.6 is 0 Å². The van der Waals surface area contributed by atoms with E-state index in [2.05, 4.69) is 11.4 Å². The molecule has 0 saturated heterocycles. The van der Waals surface area contributed by atoms with Crippen LogP contribution in [0.5, 0.6) is 5.75 Å². The van der Waals surface area contributed by atoms with Gasteiger partial charge in [-0.2, -0.15) is 0 Å². The van der Waals surface area contributed by atoms with Crippen LogP contribution in [-0.4, -0.2) is 44.0 Å². The van der Waals surface area contributed by atoms with E-state index in [-0.39, 0.29) is 18.4 Å². The van der Waals surface area contributed by atoms with Gasteiger partial charge in [0.25, 0.3) is 11.8 Å². The van der Waals surface area contributed by atoms with E-state index in [4.69, 9.17) is 4.74 Å². The van der Waals surface area contributed by atoms with Gasteiger partial charge in [0.2, 0.25) is 0 Å². The zero-order valence-corrected chi connectivity index (χ0v) is 15.4. The molecule has 0 aromatic heterocycles. The first-order valence-corrected chi connectivity index (χ1v) is 8.87. The Kier molecular flexibility index (Phi) is 7.04. The standard InChI is InChI=1S/C20H28N2O3/c1-15-9-10-17(20(24)22(2)3)13-18(15)25-14-19(23)21-12-11-16-7-5-4-6-8-16/h7,9-10,13H,4-6,8,11-12,14H2,1-3H3,(H,21,23). The zero-order valence-electron chi connectivity index (χ0n) is 15.4. The van der Waals surface area contributed by atoms with Crippen molar-refractivity contribution in [2.75, 3.05) is 27.2 Å². The fourth-order valence-electron chi connectivity index (χ4n) is 2.84. The molecule has 0 radical (unpaired) electrons. The molecule has 1 aromatic rings. The summed E-state index contributed by atoms with van der Waals surface area (Å²) in [6, 6.07) is 5.29. The first-order chi connectivity index (χ1) is 12.0. The molecule has 0 fully saturated rings. The fraction of sp³-hybridized carbons (Fsp3) is 0.500. The van der Waals surface area contributed by atoms with Gasteiger partial charge in [-0.15, -0.1) is 0 Å². The average molecular weight is 344 g/mol. The summed E-state index contributed by atoms with van der Waals surface area (Å²) < 4.78 is 5.61. The summed E-state index contributed by atoms with van der Waals surface area (Å²) in [5.74, 6) is 0.341. The Balaban J connectivity index is 1.81. The van der Waals surface area contributed by atoms with Gasteiger partial charge in [0, 0.05) is 26.2 Å². The van der Waals surface area contributed by atoms with Crippen molar-refractivity contribution in [1.29, 1.82) is 0 Å². The fourth-order valence-corrected chi connectivity index (χ4v) is 2.84. The Hall–Kier alpha value is -2.30. The third kappa shape index (κ3) is 5.93. The van der Waals surface area contributed by atoms with E-state index in [1.54, 1.807) is 26.2 Å². The van der Waals surface area contributed by atoms with Gasteiger partial charge in [-0.05, 0) is 56.7 Å². The molecule has 0 aliphatic heterocycles. The number of hydrogen-bond donors (Lipinski definition) is 1. The van der Waals surface area contributed by atoms with Gasteiger partial charge in [-0.3, -0.25) is 9.59 Å². The van der Waals surface area contributed by atoms with Crippen molar-refractivity contribution >= 4 is 11.8 Å². The van der Waals surface area contributed by atoms with Crippen molar-refractivity contribution in [1.82, 2.24) is 10.2 Å². The lowest BCUT2D eigenvalue weighted by Crippen LogP contribution is -2.30. The lowest BCUT2D eigenvalue weighted by molar-refractivity contribution is -0.123. The number of aryl methyl sites for hydroxylation is 1. The molecule has 0 bridgehead atoms. The number of benzene rings is 1. The summed E-state index contributed by atoms with van der Waals surface area (Å²) in [6.07, 6.45) is 8.05. The van der Waals surface area contributed by atoms with Crippen molar-refractivity contribution in [3.8, 4) is 5.75 Å². The van der Waals surface area contributed by atoms with Crippen LogP contribution in [0.15, 0.2) is 29.8 Å². The molecule has 25 heavy (non-hydrogen) atoms. The van der Waals surface area contributed by atoms with Gasteiger partial charge in [-0.25, -0.2) is 0 Å². The molecule has 0 spiro atoms. The van der Waals surface area contributed by atoms with Gasteiger partial charge < -0.3 is 15.0 Å². The number of hydrogen-bond acceptors (Lipinski definition) is 3. The summed E-state index contributed by atoms with van der Waals surface area (Å²) in [7, 11) is 3.41. The van der Waals surface area contributed by atoms with Crippen LogP contribution in [0, 0.1) is 6.92 Å². The second kappa shape index (κ2) is 9.25. The van der Waals surface area contributed by atoms with Gasteiger partial charge in [0.15, 0.2) is 6.61 Å². The molecule has 0 heterocycles. The van der Waals surface area contributed by atoms with Gasteiger partial charge in [-0.1, -0.05) is 17.7 Å². The Morgan fingerprint density at radius 3 is 2.72 bits per heavy atom. The quantitative estimate of drug-likeness (QED) is 0.773. The number of allylic oxidation sites excluding steroid dienone is 1. The topological polar surface area (TPSA) is 58.6 Å². The van der Waals surface area contributed by atoms with Crippen LogP contribution in [0.4, 0.5) is 0 Å². The maximum atomic E-state index is 12.0. The number of rotatable bonds is 7. The van der Waals surface area contributed by atoms with E-state index in [0.717, 1.165) is 24.8 Å². The highest BCUT2D eigenvalue weighted by Gasteiger charge is 2.12. The highest BCUT2D eigenvalue weighted by Crippen LogP contribution is 2.21. The molecular formula is C20H28N2O3. The van der Waals surface area contributed by atoms with Crippen LogP contribution < -0.4 is 10.1 Å². The van der Waals surface area contributed by atoms with Crippen molar-refractivity contribution in [2.24, 2.45) is 0 Å². The lowest BCUT2D eigenvalue weighted by Gasteiger charge is -2.14. The largest absolute Gasteiger partial charge is 0.483 e. The molecule has 0 atom stereocenters. The minimum atomic E-state index is -0.139. The predicted molar refractivity (Wildman–Crippen MR) is 98.9 cm³/mol. The molecule has 5 nitrogen and oxygen atoms in total. The SMILES string of the molecule is Cc1ccc(C(=O)N(C)C)cc1OCC(=O)NCCC1=CCCCC1. The average Bonchev–Trinajstić information content (AvgIpc) is 2.61. The Bertz CT molecular complexity index is 650. The zero-order chi connectivity index (χ0) is 18.2. The molecule has 1 aromatic carbocycles. The maximum absolute atomic E-state index is 12.0. The van der Waals surface area contributed by atoms with E-state index in [1.165, 1.54) is 23.3 Å². The third-order valence-electron chi connectivity index (χ3n) is 4.35. The van der Waals surface area contributed by atoms with E-state index in [1.807, 2.05) is 13.0 Å². The normalized spacial score (nSPS) is 13.8.